The molecule has 2 aromatic rings. The number of hydrogen-bond donors (Lipinski definition) is 0. The topological polar surface area (TPSA) is 44.8 Å². The monoisotopic (exact) mass is 304 g/mol. The van der Waals surface area contributed by atoms with Crippen molar-refractivity contribution < 1.29 is 23.4 Å². The van der Waals surface area contributed by atoms with Crippen LogP contribution in [0.4, 0.5) is 4.39 Å². The highest BCUT2D eigenvalue weighted by atomic mass is 19.1. The predicted molar refractivity (Wildman–Crippen MR) is 80.4 cm³/mol. The third kappa shape index (κ3) is 3.97. The largest absolute Gasteiger partial charge is 0.493 e. The number of para-hydroxylation sites is 1. The van der Waals surface area contributed by atoms with E-state index in [-0.39, 0.29) is 24.7 Å². The van der Waals surface area contributed by atoms with Gasteiger partial charge in [0.05, 0.1) is 7.11 Å². The zero-order valence-corrected chi connectivity index (χ0v) is 12.5. The SMILES string of the molecule is COc1cc(C(C)=O)ccc1OCCOc1ccccc1F. The van der Waals surface area contributed by atoms with Crippen LogP contribution >= 0.6 is 0 Å². The normalized spacial score (nSPS) is 10.1. The van der Waals surface area contributed by atoms with Crippen LogP contribution in [0.2, 0.25) is 0 Å². The summed E-state index contributed by atoms with van der Waals surface area (Å²) in [6, 6.07) is 11.1. The van der Waals surface area contributed by atoms with Gasteiger partial charge in [-0.1, -0.05) is 12.1 Å². The Morgan fingerprint density at radius 3 is 2.32 bits per heavy atom. The maximum Gasteiger partial charge on any atom is 0.165 e. The highest BCUT2D eigenvalue weighted by Gasteiger charge is 2.08. The predicted octanol–water partition coefficient (Wildman–Crippen LogP) is 3.49. The summed E-state index contributed by atoms with van der Waals surface area (Å²) < 4.78 is 29.4. The van der Waals surface area contributed by atoms with E-state index in [4.69, 9.17) is 14.2 Å². The molecule has 0 aliphatic rings. The number of hydrogen-bond acceptors (Lipinski definition) is 4. The van der Waals surface area contributed by atoms with E-state index < -0.39 is 5.82 Å². The zero-order chi connectivity index (χ0) is 15.9. The first kappa shape index (κ1) is 15.8. The van der Waals surface area contributed by atoms with Crippen LogP contribution < -0.4 is 14.2 Å². The van der Waals surface area contributed by atoms with E-state index in [1.54, 1.807) is 36.4 Å². The molecule has 116 valence electrons. The van der Waals surface area contributed by atoms with E-state index >= 15 is 0 Å². The van der Waals surface area contributed by atoms with E-state index in [0.717, 1.165) is 0 Å². The molecule has 0 saturated carbocycles. The van der Waals surface area contributed by atoms with Crippen molar-refractivity contribution in [1.82, 2.24) is 0 Å². The first-order valence-electron chi connectivity index (χ1n) is 6.81. The maximum atomic E-state index is 13.4. The number of Topliss-reactive ketones (excluding diaryl/α,β-unsaturated/α-hetero) is 1. The van der Waals surface area contributed by atoms with Crippen molar-refractivity contribution in [2.24, 2.45) is 0 Å². The lowest BCUT2D eigenvalue weighted by molar-refractivity contribution is 0.101. The standard InChI is InChI=1S/C17H17FO4/c1-12(19)13-7-8-16(17(11-13)20-2)22-10-9-21-15-6-4-3-5-14(15)18/h3-8,11H,9-10H2,1-2H3. The molecule has 4 nitrogen and oxygen atoms in total. The molecule has 0 fully saturated rings. The third-order valence-corrected chi connectivity index (χ3v) is 3.01. The lowest BCUT2D eigenvalue weighted by Crippen LogP contribution is -2.10. The molecule has 2 rings (SSSR count). The van der Waals surface area contributed by atoms with E-state index in [9.17, 15) is 9.18 Å². The molecule has 0 bridgehead atoms. The Bertz CT molecular complexity index is 655. The highest BCUT2D eigenvalue weighted by Crippen LogP contribution is 2.28. The van der Waals surface area contributed by atoms with Gasteiger partial charge in [0, 0.05) is 5.56 Å². The quantitative estimate of drug-likeness (QED) is 0.580. The minimum atomic E-state index is -0.411. The molecule has 0 N–H and O–H groups in total. The van der Waals surface area contributed by atoms with Crippen LogP contribution in [-0.2, 0) is 0 Å². The number of ketones is 1. The lowest BCUT2D eigenvalue weighted by atomic mass is 10.1. The van der Waals surface area contributed by atoms with Gasteiger partial charge in [0.1, 0.15) is 13.2 Å². The van der Waals surface area contributed by atoms with Crippen molar-refractivity contribution in [2.45, 2.75) is 6.92 Å². The number of carbonyl (C=O) groups is 1. The number of benzene rings is 2. The summed E-state index contributed by atoms with van der Waals surface area (Å²) in [7, 11) is 1.50. The van der Waals surface area contributed by atoms with Gasteiger partial charge in [-0.05, 0) is 37.3 Å². The van der Waals surface area contributed by atoms with Crippen molar-refractivity contribution in [2.75, 3.05) is 20.3 Å². The Kier molecular flexibility index (Phi) is 5.36. The molecule has 5 heteroatoms. The highest BCUT2D eigenvalue weighted by molar-refractivity contribution is 5.94. The fourth-order valence-electron chi connectivity index (χ4n) is 1.87. The number of methoxy groups -OCH3 is 1. The zero-order valence-electron chi connectivity index (χ0n) is 12.5. The summed E-state index contributed by atoms with van der Waals surface area (Å²) >= 11 is 0. The van der Waals surface area contributed by atoms with Crippen molar-refractivity contribution >= 4 is 5.78 Å². The second-order valence-corrected chi connectivity index (χ2v) is 4.55. The fourth-order valence-corrected chi connectivity index (χ4v) is 1.87. The van der Waals surface area contributed by atoms with E-state index in [1.807, 2.05) is 0 Å². The minimum Gasteiger partial charge on any atom is -0.493 e. The molecule has 0 aliphatic heterocycles. The molecule has 0 unspecified atom stereocenters. The summed E-state index contributed by atoms with van der Waals surface area (Å²) in [6.45, 7) is 1.90. The molecule has 0 radical (unpaired) electrons. The average molecular weight is 304 g/mol. The molecule has 22 heavy (non-hydrogen) atoms. The molecular weight excluding hydrogens is 287 g/mol. The van der Waals surface area contributed by atoms with Crippen LogP contribution in [0, 0.1) is 5.82 Å². The third-order valence-electron chi connectivity index (χ3n) is 3.01. The van der Waals surface area contributed by atoms with Crippen molar-refractivity contribution in [3.63, 3.8) is 0 Å². The molecule has 0 saturated heterocycles. The smallest absolute Gasteiger partial charge is 0.165 e. The maximum absolute atomic E-state index is 13.4. The average Bonchev–Trinajstić information content (AvgIpc) is 2.53. The number of rotatable bonds is 7. The Morgan fingerprint density at radius 1 is 1.00 bits per heavy atom. The molecule has 0 heterocycles. The van der Waals surface area contributed by atoms with Gasteiger partial charge in [-0.25, -0.2) is 4.39 Å². The van der Waals surface area contributed by atoms with E-state index in [0.29, 0.717) is 17.1 Å². The van der Waals surface area contributed by atoms with Crippen molar-refractivity contribution in [3.05, 3.63) is 53.8 Å². The molecule has 2 aromatic carbocycles. The first-order valence-corrected chi connectivity index (χ1v) is 6.81. The first-order chi connectivity index (χ1) is 10.6. The van der Waals surface area contributed by atoms with Crippen LogP contribution in [0.15, 0.2) is 42.5 Å². The van der Waals surface area contributed by atoms with Gasteiger partial charge < -0.3 is 14.2 Å². The molecule has 0 aliphatic carbocycles. The van der Waals surface area contributed by atoms with Gasteiger partial charge in [0.15, 0.2) is 28.8 Å². The van der Waals surface area contributed by atoms with Gasteiger partial charge in [-0.3, -0.25) is 4.79 Å². The number of halogens is 1. The molecule has 0 spiro atoms. The second-order valence-electron chi connectivity index (χ2n) is 4.55. The van der Waals surface area contributed by atoms with Gasteiger partial charge in [0.2, 0.25) is 0 Å². The van der Waals surface area contributed by atoms with Crippen LogP contribution in [0.25, 0.3) is 0 Å². The Morgan fingerprint density at radius 2 is 1.68 bits per heavy atom. The van der Waals surface area contributed by atoms with Crippen LogP contribution in [0.1, 0.15) is 17.3 Å². The number of carbonyl (C=O) groups excluding carboxylic acids is 1. The van der Waals surface area contributed by atoms with Crippen LogP contribution in [-0.4, -0.2) is 26.1 Å². The Hall–Kier alpha value is -2.56. The molecular formula is C17H17FO4. The van der Waals surface area contributed by atoms with Gasteiger partial charge >= 0.3 is 0 Å². The lowest BCUT2D eigenvalue weighted by Gasteiger charge is -2.12. The molecule has 0 amide bonds. The molecule has 0 aromatic heterocycles. The van der Waals surface area contributed by atoms with E-state index in [2.05, 4.69) is 0 Å². The molecule has 0 atom stereocenters. The van der Waals surface area contributed by atoms with Crippen LogP contribution in [0.3, 0.4) is 0 Å². The summed E-state index contributed by atoms with van der Waals surface area (Å²) in [5.41, 5.74) is 0.548. The Labute approximate surface area is 128 Å². The van der Waals surface area contributed by atoms with Crippen molar-refractivity contribution in [1.29, 1.82) is 0 Å². The van der Waals surface area contributed by atoms with Gasteiger partial charge in [-0.2, -0.15) is 0 Å². The Balaban J connectivity index is 1.92. The fraction of sp³-hybridized carbons (Fsp3) is 0.235. The van der Waals surface area contributed by atoms with Gasteiger partial charge in [0.25, 0.3) is 0 Å². The summed E-state index contributed by atoms with van der Waals surface area (Å²) in [4.78, 5) is 11.3. The van der Waals surface area contributed by atoms with Crippen LogP contribution in [0.5, 0.6) is 17.2 Å². The summed E-state index contributed by atoms with van der Waals surface area (Å²) in [5, 5.41) is 0. The van der Waals surface area contributed by atoms with Gasteiger partial charge in [-0.15, -0.1) is 0 Å². The van der Waals surface area contributed by atoms with E-state index in [1.165, 1.54) is 20.1 Å². The second kappa shape index (κ2) is 7.45. The summed E-state index contributed by atoms with van der Waals surface area (Å²) in [6.07, 6.45) is 0. The number of ether oxygens (including phenoxy) is 3. The minimum absolute atomic E-state index is 0.0484. The van der Waals surface area contributed by atoms with Crippen molar-refractivity contribution in [3.8, 4) is 17.2 Å². The summed E-state index contributed by atoms with van der Waals surface area (Å²) in [5.74, 6) is 0.701.